The second-order valence-corrected chi connectivity index (χ2v) is 3.08. The molecule has 12 heavy (non-hydrogen) atoms. The van der Waals surface area contributed by atoms with Crippen molar-refractivity contribution in [2.45, 2.75) is 45.4 Å². The molecule has 0 bridgehead atoms. The van der Waals surface area contributed by atoms with Crippen molar-refractivity contribution in [3.63, 3.8) is 0 Å². The van der Waals surface area contributed by atoms with Crippen molar-refractivity contribution in [2.75, 3.05) is 6.61 Å². The van der Waals surface area contributed by atoms with Crippen molar-refractivity contribution in [3.8, 4) is 0 Å². The van der Waals surface area contributed by atoms with Gasteiger partial charge in [0.15, 0.2) is 0 Å². The van der Waals surface area contributed by atoms with Crippen LogP contribution in [-0.2, 0) is 16.1 Å². The van der Waals surface area contributed by atoms with Crippen molar-refractivity contribution >= 4 is 41.5 Å². The van der Waals surface area contributed by atoms with E-state index in [0.717, 1.165) is 6.42 Å². The Hall–Kier alpha value is 1.11. The standard InChI is InChI=1S/C8H18O2S.Na.H/c1-2-3-4-5-6-7-8-10-11-9;;/h11H,2-8H2,1H3;;. The Labute approximate surface area is 101 Å². The Morgan fingerprint density at radius 3 is 2.25 bits per heavy atom. The van der Waals surface area contributed by atoms with E-state index in [4.69, 9.17) is 0 Å². The van der Waals surface area contributed by atoms with Crippen LogP contribution in [0, 0.1) is 0 Å². The summed E-state index contributed by atoms with van der Waals surface area (Å²) < 4.78 is 14.5. The minimum atomic E-state index is -0.180. The van der Waals surface area contributed by atoms with Crippen LogP contribution in [0.1, 0.15) is 45.4 Å². The van der Waals surface area contributed by atoms with Crippen LogP contribution in [-0.4, -0.2) is 40.4 Å². The Balaban J connectivity index is 0. The molecule has 0 unspecified atom stereocenters. The van der Waals surface area contributed by atoms with E-state index in [1.54, 1.807) is 0 Å². The molecule has 0 aromatic carbocycles. The molecule has 0 amide bonds. The third kappa shape index (κ3) is 13.7. The second-order valence-electron chi connectivity index (χ2n) is 2.68. The molecule has 0 aromatic rings. The maximum absolute atomic E-state index is 9.82. The SMILES string of the molecule is CCCCCCCCO[SH]=O.[NaH]. The van der Waals surface area contributed by atoms with Crippen LogP contribution in [0.5, 0.6) is 0 Å². The van der Waals surface area contributed by atoms with Crippen molar-refractivity contribution in [3.05, 3.63) is 0 Å². The van der Waals surface area contributed by atoms with E-state index in [-0.39, 0.29) is 41.5 Å². The van der Waals surface area contributed by atoms with Gasteiger partial charge in [-0.3, -0.25) is 4.18 Å². The molecule has 4 heteroatoms. The predicted octanol–water partition coefficient (Wildman–Crippen LogP) is 1.58. The van der Waals surface area contributed by atoms with Gasteiger partial charge in [-0.15, -0.1) is 0 Å². The molecule has 0 saturated heterocycles. The number of hydrogen-bond donors (Lipinski definition) is 1. The van der Waals surface area contributed by atoms with Crippen LogP contribution in [0.15, 0.2) is 0 Å². The van der Waals surface area contributed by atoms with Crippen LogP contribution >= 0.6 is 0 Å². The van der Waals surface area contributed by atoms with Gasteiger partial charge < -0.3 is 0 Å². The zero-order valence-corrected chi connectivity index (χ0v) is 8.11. The quantitative estimate of drug-likeness (QED) is 0.367. The third-order valence-corrected chi connectivity index (χ3v) is 1.93. The Bertz CT molecular complexity index is 91.1. The fourth-order valence-electron chi connectivity index (χ4n) is 0.984. The summed E-state index contributed by atoms with van der Waals surface area (Å²) in [5, 5.41) is 0. The molecule has 0 fully saturated rings. The zero-order chi connectivity index (χ0) is 8.36. The molecule has 0 N–H and O–H groups in total. The van der Waals surface area contributed by atoms with Gasteiger partial charge in [-0.25, -0.2) is 4.21 Å². The van der Waals surface area contributed by atoms with Crippen LogP contribution in [0.4, 0.5) is 0 Å². The second kappa shape index (κ2) is 14.6. The van der Waals surface area contributed by atoms with Gasteiger partial charge in [0.05, 0.1) is 6.61 Å². The van der Waals surface area contributed by atoms with Crippen LogP contribution in [0.3, 0.4) is 0 Å². The molecule has 0 spiro atoms. The summed E-state index contributed by atoms with van der Waals surface area (Å²) >= 11 is -0.180. The molecule has 70 valence electrons. The molecule has 0 rings (SSSR count). The molecule has 0 aromatic heterocycles. The van der Waals surface area contributed by atoms with Gasteiger partial charge in [-0.05, 0) is 6.42 Å². The van der Waals surface area contributed by atoms with Crippen LogP contribution < -0.4 is 0 Å². The fraction of sp³-hybridized carbons (Fsp3) is 1.00. The van der Waals surface area contributed by atoms with Crippen molar-refractivity contribution in [1.82, 2.24) is 0 Å². The first kappa shape index (κ1) is 15.6. The molecule has 0 radical (unpaired) electrons. The Morgan fingerprint density at radius 1 is 1.08 bits per heavy atom. The molecule has 0 heterocycles. The van der Waals surface area contributed by atoms with Gasteiger partial charge in [-0.1, -0.05) is 39.0 Å². The van der Waals surface area contributed by atoms with E-state index in [1.165, 1.54) is 32.1 Å². The Morgan fingerprint density at radius 2 is 1.67 bits per heavy atom. The summed E-state index contributed by atoms with van der Waals surface area (Å²) in [7, 11) is 0. The van der Waals surface area contributed by atoms with Crippen molar-refractivity contribution in [1.29, 1.82) is 0 Å². The summed E-state index contributed by atoms with van der Waals surface area (Å²) in [6.07, 6.45) is 7.48. The summed E-state index contributed by atoms with van der Waals surface area (Å²) in [4.78, 5) is 0. The average molecular weight is 202 g/mol. The molecule has 0 atom stereocenters. The number of hydrogen-bond acceptors (Lipinski definition) is 2. The van der Waals surface area contributed by atoms with E-state index >= 15 is 0 Å². The first-order chi connectivity index (χ1) is 5.41. The van der Waals surface area contributed by atoms with Crippen LogP contribution in [0.2, 0.25) is 0 Å². The first-order valence-corrected chi connectivity index (χ1v) is 5.09. The first-order valence-electron chi connectivity index (χ1n) is 4.36. The monoisotopic (exact) mass is 202 g/mol. The summed E-state index contributed by atoms with van der Waals surface area (Å²) in [5.41, 5.74) is 0. The van der Waals surface area contributed by atoms with Gasteiger partial charge in [0, 0.05) is 0 Å². The number of thiol groups is 1. The van der Waals surface area contributed by atoms with Gasteiger partial charge in [0.25, 0.3) is 0 Å². The number of unbranched alkanes of at least 4 members (excludes halogenated alkanes) is 5. The van der Waals surface area contributed by atoms with Gasteiger partial charge in [0.2, 0.25) is 0 Å². The van der Waals surface area contributed by atoms with Crippen molar-refractivity contribution in [2.24, 2.45) is 0 Å². The Kier molecular flexibility index (Phi) is 19.0. The normalized spacial score (nSPS) is 9.42. The summed E-state index contributed by atoms with van der Waals surface area (Å²) in [6.45, 7) is 2.84. The molecule has 0 saturated carbocycles. The molecular formula is C8H19NaO2S. The summed E-state index contributed by atoms with van der Waals surface area (Å²) in [5.74, 6) is 0. The molecule has 0 aliphatic heterocycles. The fourth-order valence-corrected chi connectivity index (χ4v) is 1.19. The van der Waals surface area contributed by atoms with Gasteiger partial charge in [-0.2, -0.15) is 0 Å². The minimum absolute atomic E-state index is 0. The van der Waals surface area contributed by atoms with Gasteiger partial charge >= 0.3 is 29.6 Å². The average Bonchev–Trinajstić information content (AvgIpc) is 2.03. The van der Waals surface area contributed by atoms with E-state index in [1.807, 2.05) is 0 Å². The predicted molar refractivity (Wildman–Crippen MR) is 56.0 cm³/mol. The van der Waals surface area contributed by atoms with Crippen molar-refractivity contribution < 1.29 is 8.39 Å². The molecular weight excluding hydrogens is 183 g/mol. The van der Waals surface area contributed by atoms with E-state index in [0.29, 0.717) is 6.61 Å². The van der Waals surface area contributed by atoms with E-state index in [9.17, 15) is 4.21 Å². The summed E-state index contributed by atoms with van der Waals surface area (Å²) in [6, 6.07) is 0. The zero-order valence-electron chi connectivity index (χ0n) is 7.21. The van der Waals surface area contributed by atoms with E-state index in [2.05, 4.69) is 11.1 Å². The molecule has 2 nitrogen and oxygen atoms in total. The van der Waals surface area contributed by atoms with E-state index < -0.39 is 0 Å². The van der Waals surface area contributed by atoms with Gasteiger partial charge in [0.1, 0.15) is 11.9 Å². The molecule has 0 aliphatic carbocycles. The van der Waals surface area contributed by atoms with Crippen LogP contribution in [0.25, 0.3) is 0 Å². The molecule has 0 aliphatic rings. The third-order valence-electron chi connectivity index (χ3n) is 1.64. The topological polar surface area (TPSA) is 26.3 Å². The number of rotatable bonds is 8. The maximum atomic E-state index is 9.82.